The summed E-state index contributed by atoms with van der Waals surface area (Å²) >= 11 is 2.78. The molecule has 0 N–H and O–H groups in total. The molecule has 2 aromatic rings. The van der Waals surface area contributed by atoms with Crippen LogP contribution >= 0.6 is 23.5 Å². The quantitative estimate of drug-likeness (QED) is 0.293. The monoisotopic (exact) mass is 415 g/mol. The maximum atomic E-state index is 12.4. The van der Waals surface area contributed by atoms with Crippen molar-refractivity contribution in [3.05, 3.63) is 47.2 Å². The molecule has 0 spiro atoms. The number of aromatic nitrogens is 2. The number of rotatable bonds is 7. The largest absolute Gasteiger partial charge is 0.342 e. The summed E-state index contributed by atoms with van der Waals surface area (Å²) in [5.41, 5.74) is 2.67. The summed E-state index contributed by atoms with van der Waals surface area (Å²) in [6, 6.07) is 9.47. The number of piperidine rings is 1. The lowest BCUT2D eigenvalue weighted by molar-refractivity contribution is -0.129. The van der Waals surface area contributed by atoms with Gasteiger partial charge >= 0.3 is 0 Å². The summed E-state index contributed by atoms with van der Waals surface area (Å²) in [7, 11) is 0. The van der Waals surface area contributed by atoms with Crippen molar-refractivity contribution in [2.45, 2.75) is 43.3 Å². The number of benzene rings is 1. The molecule has 0 saturated carbocycles. The normalized spacial score (nSPS) is 14.1. The van der Waals surface area contributed by atoms with Crippen LogP contribution in [0, 0.1) is 13.8 Å². The van der Waals surface area contributed by atoms with Crippen molar-refractivity contribution in [3.63, 3.8) is 0 Å². The van der Waals surface area contributed by atoms with Crippen molar-refractivity contribution >= 4 is 35.2 Å². The molecule has 1 aromatic carbocycles. The number of carbonyl (C=O) groups excluding carboxylic acids is 2. The van der Waals surface area contributed by atoms with Crippen LogP contribution in [0.3, 0.4) is 0 Å². The first-order valence-electron chi connectivity index (χ1n) is 9.50. The average Bonchev–Trinajstić information content (AvgIpc) is 2.71. The second kappa shape index (κ2) is 10.1. The lowest BCUT2D eigenvalue weighted by Crippen LogP contribution is -2.36. The zero-order chi connectivity index (χ0) is 19.9. The number of likely N-dealkylation sites (tertiary alicyclic amines) is 1. The van der Waals surface area contributed by atoms with Crippen LogP contribution in [0.5, 0.6) is 0 Å². The van der Waals surface area contributed by atoms with E-state index >= 15 is 0 Å². The van der Waals surface area contributed by atoms with Gasteiger partial charge in [0.15, 0.2) is 10.9 Å². The van der Waals surface area contributed by atoms with Crippen molar-refractivity contribution in [1.82, 2.24) is 14.9 Å². The Kier molecular flexibility index (Phi) is 7.50. The lowest BCUT2D eigenvalue weighted by atomic mass is 10.1. The number of hydrogen-bond acceptors (Lipinski definition) is 6. The Bertz CT molecular complexity index is 834. The molecule has 7 heteroatoms. The molecule has 1 aliphatic rings. The van der Waals surface area contributed by atoms with Crippen molar-refractivity contribution < 1.29 is 9.59 Å². The predicted molar refractivity (Wildman–Crippen MR) is 114 cm³/mol. The molecule has 1 fully saturated rings. The number of hydrogen-bond donors (Lipinski definition) is 0. The summed E-state index contributed by atoms with van der Waals surface area (Å²) in [6.45, 7) is 5.64. The molecule has 28 heavy (non-hydrogen) atoms. The molecule has 0 bridgehead atoms. The first-order valence-corrected chi connectivity index (χ1v) is 11.5. The molecule has 2 heterocycles. The summed E-state index contributed by atoms with van der Waals surface area (Å²) < 4.78 is 0. The number of carbonyl (C=O) groups is 2. The van der Waals surface area contributed by atoms with Crippen LogP contribution in [0.15, 0.2) is 40.5 Å². The second-order valence-corrected chi connectivity index (χ2v) is 8.88. The molecule has 148 valence electrons. The Hall–Kier alpha value is -1.86. The zero-order valence-corrected chi connectivity index (χ0v) is 17.9. The second-order valence-electron chi connectivity index (χ2n) is 6.94. The fraction of sp³-hybridized carbons (Fsp3) is 0.429. The standard InChI is InChI=1S/C21H25N3O2S2/c1-15-6-8-17(9-7-15)18(25)13-28-21-22-16(2)12-19(23-21)27-14-20(26)24-10-4-3-5-11-24/h6-9,12H,3-5,10-11,13-14H2,1-2H3. The van der Waals surface area contributed by atoms with E-state index in [1.807, 2.05) is 49.1 Å². The van der Waals surface area contributed by atoms with Crippen molar-refractivity contribution in [2.75, 3.05) is 24.6 Å². The van der Waals surface area contributed by atoms with Gasteiger partial charge in [0, 0.05) is 24.3 Å². The highest BCUT2D eigenvalue weighted by Crippen LogP contribution is 2.22. The minimum absolute atomic E-state index is 0.0598. The molecule has 1 aromatic heterocycles. The van der Waals surface area contributed by atoms with E-state index < -0.39 is 0 Å². The van der Waals surface area contributed by atoms with Crippen molar-refractivity contribution in [3.8, 4) is 0 Å². The topological polar surface area (TPSA) is 63.2 Å². The Morgan fingerprint density at radius 1 is 0.964 bits per heavy atom. The van der Waals surface area contributed by atoms with Gasteiger partial charge in [0.05, 0.1) is 11.5 Å². The van der Waals surface area contributed by atoms with E-state index in [0.717, 1.165) is 42.2 Å². The van der Waals surface area contributed by atoms with Crippen LogP contribution in [-0.2, 0) is 4.79 Å². The third-order valence-electron chi connectivity index (χ3n) is 4.57. The van der Waals surface area contributed by atoms with Crippen molar-refractivity contribution in [2.24, 2.45) is 0 Å². The number of nitrogens with zero attached hydrogens (tertiary/aromatic N) is 3. The van der Waals surface area contributed by atoms with Crippen LogP contribution in [0.1, 0.15) is 40.9 Å². The predicted octanol–water partition coefficient (Wildman–Crippen LogP) is 4.17. The van der Waals surface area contributed by atoms with Crippen LogP contribution < -0.4 is 0 Å². The van der Waals surface area contributed by atoms with E-state index in [-0.39, 0.29) is 11.7 Å². The number of ketones is 1. The van der Waals surface area contributed by atoms with Gasteiger partial charge in [-0.15, -0.1) is 0 Å². The Morgan fingerprint density at radius 2 is 1.68 bits per heavy atom. The fourth-order valence-electron chi connectivity index (χ4n) is 2.98. The molecule has 3 rings (SSSR count). The average molecular weight is 416 g/mol. The number of aryl methyl sites for hydroxylation is 2. The summed E-state index contributed by atoms with van der Waals surface area (Å²) in [5.74, 6) is 0.918. The van der Waals surface area contributed by atoms with Gasteiger partial charge in [0.2, 0.25) is 5.91 Å². The van der Waals surface area contributed by atoms with Gasteiger partial charge in [-0.25, -0.2) is 9.97 Å². The molecular weight excluding hydrogens is 390 g/mol. The first kappa shape index (κ1) is 20.9. The first-order chi connectivity index (χ1) is 13.5. The highest BCUT2D eigenvalue weighted by atomic mass is 32.2. The van der Waals surface area contributed by atoms with Gasteiger partial charge in [-0.1, -0.05) is 53.4 Å². The van der Waals surface area contributed by atoms with Gasteiger partial charge in [-0.3, -0.25) is 9.59 Å². The van der Waals surface area contributed by atoms with E-state index in [2.05, 4.69) is 9.97 Å². The van der Waals surface area contributed by atoms with Gasteiger partial charge < -0.3 is 4.90 Å². The number of thioether (sulfide) groups is 2. The van der Waals surface area contributed by atoms with E-state index in [4.69, 9.17) is 0 Å². The van der Waals surface area contributed by atoms with E-state index in [9.17, 15) is 9.59 Å². The minimum Gasteiger partial charge on any atom is -0.342 e. The summed E-state index contributed by atoms with van der Waals surface area (Å²) in [6.07, 6.45) is 3.40. The number of Topliss-reactive ketones (excluding diaryl/α,β-unsaturated/α-hetero) is 1. The smallest absolute Gasteiger partial charge is 0.232 e. The zero-order valence-electron chi connectivity index (χ0n) is 16.3. The maximum absolute atomic E-state index is 12.4. The molecular formula is C21H25N3O2S2. The van der Waals surface area contributed by atoms with Crippen molar-refractivity contribution in [1.29, 1.82) is 0 Å². The molecule has 0 unspecified atom stereocenters. The maximum Gasteiger partial charge on any atom is 0.232 e. The molecule has 0 atom stereocenters. The van der Waals surface area contributed by atoms with Crippen LogP contribution in [0.2, 0.25) is 0 Å². The molecule has 1 saturated heterocycles. The van der Waals surface area contributed by atoms with Gasteiger partial charge in [0.1, 0.15) is 5.03 Å². The van der Waals surface area contributed by atoms with Gasteiger partial charge in [0.25, 0.3) is 0 Å². The van der Waals surface area contributed by atoms with Gasteiger partial charge in [-0.2, -0.15) is 0 Å². The highest BCUT2D eigenvalue weighted by Gasteiger charge is 2.17. The van der Waals surface area contributed by atoms with Crippen LogP contribution in [-0.4, -0.2) is 51.2 Å². The Labute approximate surface area is 174 Å². The molecule has 0 aliphatic carbocycles. The SMILES string of the molecule is Cc1ccc(C(=O)CSc2nc(C)cc(SCC(=O)N3CCCCC3)n2)cc1. The van der Waals surface area contributed by atoms with Crippen LogP contribution in [0.4, 0.5) is 0 Å². The summed E-state index contributed by atoms with van der Waals surface area (Å²) in [4.78, 5) is 35.6. The van der Waals surface area contributed by atoms with Crippen LogP contribution in [0.25, 0.3) is 0 Å². The van der Waals surface area contributed by atoms with E-state index in [0.29, 0.717) is 22.2 Å². The molecule has 5 nitrogen and oxygen atoms in total. The molecule has 0 radical (unpaired) electrons. The molecule has 1 aliphatic heterocycles. The van der Waals surface area contributed by atoms with E-state index in [1.165, 1.54) is 29.9 Å². The fourth-order valence-corrected chi connectivity index (χ4v) is 4.69. The Balaban J connectivity index is 1.55. The van der Waals surface area contributed by atoms with Gasteiger partial charge in [-0.05, 0) is 39.2 Å². The number of amides is 1. The lowest BCUT2D eigenvalue weighted by Gasteiger charge is -2.26. The summed E-state index contributed by atoms with van der Waals surface area (Å²) in [5, 5.41) is 1.36. The third kappa shape index (κ3) is 6.07. The van der Waals surface area contributed by atoms with E-state index in [1.54, 1.807) is 0 Å². The molecule has 1 amide bonds. The third-order valence-corrected chi connectivity index (χ3v) is 6.31. The minimum atomic E-state index is 0.0598. The Morgan fingerprint density at radius 3 is 2.39 bits per heavy atom. The highest BCUT2D eigenvalue weighted by molar-refractivity contribution is 8.00.